The number of benzene rings is 4. The first-order valence-electron chi connectivity index (χ1n) is 33.2. The molecule has 5 amide bonds. The van der Waals surface area contributed by atoms with Crippen molar-refractivity contribution in [1.29, 1.82) is 0 Å². The first-order valence-corrected chi connectivity index (χ1v) is 37.4. The van der Waals surface area contributed by atoms with Crippen molar-refractivity contribution in [3.05, 3.63) is 129 Å². The van der Waals surface area contributed by atoms with E-state index >= 15 is 0 Å². The highest BCUT2D eigenvalue weighted by atomic mass is 35.5. The molecule has 4 heterocycles. The van der Waals surface area contributed by atoms with E-state index < -0.39 is 82.2 Å². The zero-order chi connectivity index (χ0) is 70.0. The highest BCUT2D eigenvalue weighted by molar-refractivity contribution is 7.92. The average Bonchev–Trinajstić information content (AvgIpc) is 1.41. The van der Waals surface area contributed by atoms with Gasteiger partial charge in [-0.15, -0.1) is 11.3 Å². The van der Waals surface area contributed by atoms with E-state index in [0.29, 0.717) is 95.4 Å². The molecule has 3 aliphatic heterocycles. The number of rotatable bonds is 26. The van der Waals surface area contributed by atoms with E-state index in [1.165, 1.54) is 33.7 Å². The minimum Gasteiger partial charge on any atom is -0.391 e. The lowest BCUT2D eigenvalue weighted by Crippen LogP contribution is -2.57. The van der Waals surface area contributed by atoms with E-state index in [0.717, 1.165) is 78.4 Å². The fourth-order valence-electron chi connectivity index (χ4n) is 13.1. The quantitative estimate of drug-likeness (QED) is 0.0323. The summed E-state index contributed by atoms with van der Waals surface area (Å²) >= 11 is 7.76. The summed E-state index contributed by atoms with van der Waals surface area (Å²) in [6.07, 6.45) is 5.55. The fourth-order valence-corrected chi connectivity index (χ4v) is 16.0. The van der Waals surface area contributed by atoms with Crippen LogP contribution in [-0.2, 0) is 45.6 Å². The Balaban J connectivity index is 0.671. The third-order valence-electron chi connectivity index (χ3n) is 18.7. The molecule has 4 aromatic carbocycles. The molecule has 4 aliphatic rings. The van der Waals surface area contributed by atoms with E-state index in [9.17, 15) is 59.1 Å². The number of thiazole rings is 1. The molecule has 3 fully saturated rings. The second-order valence-corrected chi connectivity index (χ2v) is 32.5. The maximum atomic E-state index is 14.1. The number of alkyl halides is 3. The van der Waals surface area contributed by atoms with Gasteiger partial charge in [0, 0.05) is 114 Å². The molecule has 9 rings (SSSR count). The number of aliphatic hydroxyl groups is 1. The highest BCUT2D eigenvalue weighted by Gasteiger charge is 2.49. The summed E-state index contributed by atoms with van der Waals surface area (Å²) in [7, 11) is -11.0. The van der Waals surface area contributed by atoms with Crippen LogP contribution in [-0.4, -0.2) is 178 Å². The number of piperazine rings is 2. The summed E-state index contributed by atoms with van der Waals surface area (Å²) in [5.41, 5.74) is 2.66. The maximum Gasteiger partial charge on any atom is 0.501 e. The first-order chi connectivity index (χ1) is 45.9. The number of hydrogen-bond acceptors (Lipinski definition) is 16. The van der Waals surface area contributed by atoms with Crippen molar-refractivity contribution in [3.63, 3.8) is 0 Å². The van der Waals surface area contributed by atoms with E-state index in [2.05, 4.69) is 61.6 Å². The molecular weight excluding hydrogens is 1330 g/mol. The van der Waals surface area contributed by atoms with E-state index in [1.54, 1.807) is 33.9 Å². The minimum absolute atomic E-state index is 0.0167. The van der Waals surface area contributed by atoms with Gasteiger partial charge in [0.1, 0.15) is 17.0 Å². The number of nitrogens with one attached hydrogen (secondary N) is 4. The number of carbonyl (C=O) groups is 5. The number of β-amino-alcohol motifs (C(OH)–C–C–N with tert-alkyl or cyclic N) is 1. The molecular formula is C70H90ClF3N10O10S3. The maximum absolute atomic E-state index is 14.1. The molecule has 3 saturated heterocycles. The van der Waals surface area contributed by atoms with Gasteiger partial charge in [0.05, 0.1) is 32.8 Å². The molecule has 1 aliphatic carbocycles. The van der Waals surface area contributed by atoms with Gasteiger partial charge in [0.2, 0.25) is 23.6 Å². The smallest absolute Gasteiger partial charge is 0.391 e. The van der Waals surface area contributed by atoms with Crippen LogP contribution < -0.4 is 25.6 Å². The van der Waals surface area contributed by atoms with Gasteiger partial charge < -0.3 is 35.8 Å². The molecule has 27 heteroatoms. The fraction of sp³-hybridized carbons (Fsp3) is 0.514. The average molecular weight is 1420 g/mol. The number of nitrogens with zero attached hydrogens (tertiary/aromatic N) is 6. The van der Waals surface area contributed by atoms with E-state index in [1.807, 2.05) is 68.8 Å². The van der Waals surface area contributed by atoms with Crippen molar-refractivity contribution in [3.8, 4) is 10.4 Å². The largest absolute Gasteiger partial charge is 0.501 e. The van der Waals surface area contributed by atoms with Crippen LogP contribution in [0.25, 0.3) is 16.0 Å². The van der Waals surface area contributed by atoms with Crippen LogP contribution in [0, 0.1) is 17.8 Å². The number of aliphatic hydroxyl groups excluding tert-OH is 1. The van der Waals surface area contributed by atoms with Gasteiger partial charge in [-0.3, -0.25) is 33.8 Å². The van der Waals surface area contributed by atoms with E-state index in [4.69, 9.17) is 11.6 Å². The third kappa shape index (κ3) is 19.5. The van der Waals surface area contributed by atoms with Gasteiger partial charge in [-0.05, 0) is 140 Å². The Bertz CT molecular complexity index is 3870. The summed E-state index contributed by atoms with van der Waals surface area (Å²) in [5, 5.41) is 19.9. The normalized spacial score (nSPS) is 18.6. The van der Waals surface area contributed by atoms with Crippen LogP contribution in [0.3, 0.4) is 0 Å². The molecule has 5 aromatic rings. The van der Waals surface area contributed by atoms with Gasteiger partial charge in [-0.1, -0.05) is 101 Å². The molecule has 97 heavy (non-hydrogen) atoms. The SMILES string of the molecule is Cc1ncsc1-c1ccc(CNC(=O)[C@@H]2C[C@@H](O)CN2C(=O)[C@@H](NC(=O)CCCCCCC(=O)N2CCN(CCCNc3ccc(S(=O)(=O)NC(=O)c4ccc(N5CCN(CC6=C(c7ccc(Cl)cc7)CCC(C)(C)C6)CC5)cc4)cc3S(=O)(=O)C(F)(F)F)CC2)C(C)(C)C)cc1. The number of unbranched alkanes of at least 4 members (excludes halogenated alkanes) is 3. The summed E-state index contributed by atoms with van der Waals surface area (Å²) in [6.45, 7) is 18.5. The Hall–Kier alpha value is -6.94. The number of hydrogen-bond donors (Lipinski definition) is 5. The zero-order valence-corrected chi connectivity index (χ0v) is 59.2. The molecule has 0 unspecified atom stereocenters. The van der Waals surface area contributed by atoms with Crippen LogP contribution in [0.1, 0.15) is 132 Å². The second-order valence-electron chi connectivity index (χ2n) is 27.6. The lowest BCUT2D eigenvalue weighted by molar-refractivity contribution is -0.144. The molecule has 1 aromatic heterocycles. The Morgan fingerprint density at radius 1 is 0.794 bits per heavy atom. The number of sulfonamides is 1. The van der Waals surface area contributed by atoms with Crippen molar-refractivity contribution in [2.24, 2.45) is 10.8 Å². The van der Waals surface area contributed by atoms with Gasteiger partial charge >= 0.3 is 5.51 Å². The molecule has 0 radical (unpaired) electrons. The predicted octanol–water partition coefficient (Wildman–Crippen LogP) is 10.1. The second kappa shape index (κ2) is 31.9. The molecule has 0 saturated carbocycles. The number of sulfone groups is 1. The summed E-state index contributed by atoms with van der Waals surface area (Å²) < 4.78 is 97.3. The summed E-state index contributed by atoms with van der Waals surface area (Å²) in [6, 6.07) is 22.5. The van der Waals surface area contributed by atoms with Crippen molar-refractivity contribution in [2.45, 2.75) is 152 Å². The molecule has 526 valence electrons. The van der Waals surface area contributed by atoms with E-state index in [-0.39, 0.29) is 55.3 Å². The van der Waals surface area contributed by atoms with Crippen LogP contribution in [0.15, 0.2) is 112 Å². The van der Waals surface area contributed by atoms with Crippen molar-refractivity contribution in [2.75, 3.05) is 88.8 Å². The molecule has 0 bridgehead atoms. The Kier molecular flexibility index (Phi) is 24.5. The van der Waals surface area contributed by atoms with Gasteiger partial charge in [-0.25, -0.2) is 26.5 Å². The number of allylic oxidation sites excluding steroid dienone is 1. The molecule has 5 N–H and O–H groups in total. The lowest BCUT2D eigenvalue weighted by Gasteiger charge is -2.39. The topological polar surface area (TPSA) is 251 Å². The van der Waals surface area contributed by atoms with Crippen LogP contribution in [0.2, 0.25) is 5.02 Å². The van der Waals surface area contributed by atoms with Crippen molar-refractivity contribution >= 4 is 89.3 Å². The summed E-state index contributed by atoms with van der Waals surface area (Å²) in [5.74, 6) is -2.24. The van der Waals surface area contributed by atoms with Gasteiger partial charge in [0.15, 0.2) is 0 Å². The number of anilines is 2. The Labute approximate surface area is 576 Å². The van der Waals surface area contributed by atoms with Crippen LogP contribution in [0.5, 0.6) is 0 Å². The Morgan fingerprint density at radius 2 is 1.44 bits per heavy atom. The van der Waals surface area contributed by atoms with Gasteiger partial charge in [-0.2, -0.15) is 13.2 Å². The number of carbonyl (C=O) groups excluding carboxylic acids is 5. The standard InChI is InChI=1S/C70H90ClF3N10O10S3/c1-47-63(95-46-77-47)50-16-14-48(15-17-50)43-76-66(89)59-40-55(85)45-84(59)67(90)64(68(2,3)4)78-61(86)12-9-7-8-10-13-62(87)83-38-32-80(33-39-83)31-11-30-75-58-27-26-56(41-60(58)96(91,92)70(72,73)74)97(93,94)79-65(88)51-20-24-54(25-21-51)82-36-34-81(35-37-82)44-52-42-69(5,6)29-28-57(52)49-18-22-53(71)23-19-49/h14-27,41,46,55,59,64,75,85H,7-13,28-40,42-45H2,1-6H3,(H,76,89)(H,78,86)(H,79,88)/t55-,59+,64-/m1/s1. The number of likely N-dealkylation sites (tertiary alicyclic amines) is 1. The predicted molar refractivity (Wildman–Crippen MR) is 371 cm³/mol. The molecule has 0 spiro atoms. The van der Waals surface area contributed by atoms with Crippen molar-refractivity contribution < 1.29 is 59.1 Å². The number of amides is 5. The number of halogens is 4. The Morgan fingerprint density at radius 3 is 2.08 bits per heavy atom. The lowest BCUT2D eigenvalue weighted by atomic mass is 9.73. The van der Waals surface area contributed by atoms with Crippen LogP contribution in [0.4, 0.5) is 24.5 Å². The number of aromatic nitrogens is 1. The van der Waals surface area contributed by atoms with Gasteiger partial charge in [0.25, 0.3) is 25.8 Å². The van der Waals surface area contributed by atoms with Crippen LogP contribution >= 0.6 is 22.9 Å². The third-order valence-corrected chi connectivity index (χ3v) is 22.8. The zero-order valence-electron chi connectivity index (χ0n) is 56.0. The van der Waals surface area contributed by atoms with Crippen molar-refractivity contribution in [1.82, 2.24) is 39.9 Å². The monoisotopic (exact) mass is 1420 g/mol. The summed E-state index contributed by atoms with van der Waals surface area (Å²) in [4.78, 5) is 80.6. The highest BCUT2D eigenvalue weighted by Crippen LogP contribution is 2.43. The molecule has 3 atom stereocenters. The molecule has 20 nitrogen and oxygen atoms in total. The first kappa shape index (κ1) is 74.3. The number of aryl methyl sites for hydroxylation is 1. The minimum atomic E-state index is -6.08.